The molecule has 0 spiro atoms. The summed E-state index contributed by atoms with van der Waals surface area (Å²) in [4.78, 5) is 14.1. The molecule has 21 heavy (non-hydrogen) atoms. The van der Waals surface area contributed by atoms with Gasteiger partial charge in [0.2, 0.25) is 5.91 Å². The van der Waals surface area contributed by atoms with Crippen molar-refractivity contribution in [3.63, 3.8) is 0 Å². The van der Waals surface area contributed by atoms with Crippen LogP contribution in [0.4, 0.5) is 4.39 Å². The van der Waals surface area contributed by atoms with Gasteiger partial charge < -0.3 is 10.2 Å². The van der Waals surface area contributed by atoms with Crippen LogP contribution in [0.15, 0.2) is 41.1 Å². The fourth-order valence-corrected chi connectivity index (χ4v) is 2.83. The number of hydrogen-bond acceptors (Lipinski definition) is 3. The molecule has 0 unspecified atom stereocenters. The van der Waals surface area contributed by atoms with Gasteiger partial charge in [-0.25, -0.2) is 4.39 Å². The topological polar surface area (TPSA) is 32.3 Å². The van der Waals surface area contributed by atoms with Crippen LogP contribution in [0.3, 0.4) is 0 Å². The maximum Gasteiger partial charge on any atom is 0.224 e. The van der Waals surface area contributed by atoms with E-state index in [2.05, 4.69) is 21.7 Å². The molecule has 5 heteroatoms. The van der Waals surface area contributed by atoms with Gasteiger partial charge >= 0.3 is 0 Å². The summed E-state index contributed by atoms with van der Waals surface area (Å²) < 4.78 is 12.8. The van der Waals surface area contributed by atoms with Gasteiger partial charge in [0.15, 0.2) is 0 Å². The molecule has 0 saturated carbocycles. The van der Waals surface area contributed by atoms with Gasteiger partial charge in [-0.05, 0) is 54.2 Å². The summed E-state index contributed by atoms with van der Waals surface area (Å²) in [7, 11) is 3.99. The zero-order valence-electron chi connectivity index (χ0n) is 12.2. The number of thiophene rings is 1. The lowest BCUT2D eigenvalue weighted by Gasteiger charge is -2.24. The van der Waals surface area contributed by atoms with Crippen LogP contribution in [0, 0.1) is 5.82 Å². The minimum Gasteiger partial charge on any atom is -0.354 e. The second-order valence-electron chi connectivity index (χ2n) is 5.14. The molecule has 0 radical (unpaired) electrons. The molecule has 3 nitrogen and oxygen atoms in total. The van der Waals surface area contributed by atoms with Gasteiger partial charge in [0, 0.05) is 6.54 Å². The van der Waals surface area contributed by atoms with E-state index in [0.717, 1.165) is 5.56 Å². The zero-order chi connectivity index (χ0) is 15.2. The second kappa shape index (κ2) is 7.33. The van der Waals surface area contributed by atoms with Crippen molar-refractivity contribution >= 4 is 17.2 Å². The van der Waals surface area contributed by atoms with Crippen LogP contribution in [0.1, 0.15) is 17.2 Å². The fourth-order valence-electron chi connectivity index (χ4n) is 2.12. The Balaban J connectivity index is 1.89. The van der Waals surface area contributed by atoms with Gasteiger partial charge in [-0.3, -0.25) is 4.79 Å². The normalized spacial score (nSPS) is 12.4. The van der Waals surface area contributed by atoms with Crippen molar-refractivity contribution < 1.29 is 9.18 Å². The molecule has 0 aliphatic rings. The van der Waals surface area contributed by atoms with Gasteiger partial charge in [0.05, 0.1) is 12.5 Å². The van der Waals surface area contributed by atoms with Crippen molar-refractivity contribution in [1.29, 1.82) is 0 Å². The lowest BCUT2D eigenvalue weighted by Crippen LogP contribution is -2.35. The number of nitrogens with zero attached hydrogens (tertiary/aromatic N) is 1. The van der Waals surface area contributed by atoms with Crippen LogP contribution >= 0.6 is 11.3 Å². The summed E-state index contributed by atoms with van der Waals surface area (Å²) in [6.07, 6.45) is 0.268. The molecule has 1 amide bonds. The van der Waals surface area contributed by atoms with Crippen molar-refractivity contribution in [3.05, 3.63) is 58.0 Å². The third-order valence-corrected chi connectivity index (χ3v) is 4.02. The number of rotatable bonds is 6. The Morgan fingerprint density at radius 1 is 1.29 bits per heavy atom. The maximum absolute atomic E-state index is 12.8. The number of hydrogen-bond donors (Lipinski definition) is 1. The van der Waals surface area contributed by atoms with E-state index in [1.807, 2.05) is 19.5 Å². The minimum atomic E-state index is -0.288. The first-order chi connectivity index (χ1) is 10.1. The number of halogens is 1. The summed E-state index contributed by atoms with van der Waals surface area (Å²) >= 11 is 1.65. The fraction of sp³-hybridized carbons (Fsp3) is 0.312. The Kier molecular flexibility index (Phi) is 5.47. The monoisotopic (exact) mass is 306 g/mol. The maximum atomic E-state index is 12.8. The first-order valence-corrected chi connectivity index (χ1v) is 7.70. The number of amides is 1. The molecule has 1 heterocycles. The molecule has 1 N–H and O–H groups in total. The zero-order valence-corrected chi connectivity index (χ0v) is 13.0. The molecule has 0 saturated heterocycles. The Hall–Kier alpha value is -1.72. The standard InChI is InChI=1S/C16H19FN2OS/c1-19(2)15(13-7-8-21-11-13)10-18-16(20)9-12-3-5-14(17)6-4-12/h3-8,11,15H,9-10H2,1-2H3,(H,18,20)/t15-/m1/s1. The summed E-state index contributed by atoms with van der Waals surface area (Å²) in [5, 5.41) is 7.07. The summed E-state index contributed by atoms with van der Waals surface area (Å²) in [6.45, 7) is 0.559. The lowest BCUT2D eigenvalue weighted by molar-refractivity contribution is -0.120. The van der Waals surface area contributed by atoms with Crippen LogP contribution in [0.25, 0.3) is 0 Å². The Labute approximate surface area is 128 Å². The van der Waals surface area contributed by atoms with E-state index >= 15 is 0 Å². The number of likely N-dealkylation sites (N-methyl/N-ethyl adjacent to an activating group) is 1. The Bertz CT molecular complexity index is 566. The molecule has 0 fully saturated rings. The number of carbonyl (C=O) groups excluding carboxylic acids is 1. The predicted octanol–water partition coefficient (Wildman–Crippen LogP) is 2.85. The van der Waals surface area contributed by atoms with E-state index in [1.54, 1.807) is 23.5 Å². The van der Waals surface area contributed by atoms with Gasteiger partial charge in [0.25, 0.3) is 0 Å². The van der Waals surface area contributed by atoms with Crippen LogP contribution in [-0.4, -0.2) is 31.4 Å². The molecule has 0 bridgehead atoms. The highest BCUT2D eigenvalue weighted by molar-refractivity contribution is 7.07. The first-order valence-electron chi connectivity index (χ1n) is 6.76. The van der Waals surface area contributed by atoms with E-state index in [9.17, 15) is 9.18 Å². The number of carbonyl (C=O) groups is 1. The van der Waals surface area contributed by atoms with Crippen molar-refractivity contribution in [2.75, 3.05) is 20.6 Å². The van der Waals surface area contributed by atoms with Crippen molar-refractivity contribution in [2.24, 2.45) is 0 Å². The molecular weight excluding hydrogens is 287 g/mol. The van der Waals surface area contributed by atoms with Crippen LogP contribution < -0.4 is 5.32 Å². The molecule has 2 rings (SSSR count). The molecule has 0 aliphatic carbocycles. The van der Waals surface area contributed by atoms with Crippen LogP contribution in [0.5, 0.6) is 0 Å². The third kappa shape index (κ3) is 4.65. The van der Waals surface area contributed by atoms with E-state index in [-0.39, 0.29) is 24.2 Å². The van der Waals surface area contributed by atoms with Gasteiger partial charge in [-0.2, -0.15) is 11.3 Å². The van der Waals surface area contributed by atoms with E-state index < -0.39 is 0 Å². The van der Waals surface area contributed by atoms with Crippen LogP contribution in [-0.2, 0) is 11.2 Å². The average molecular weight is 306 g/mol. The van der Waals surface area contributed by atoms with Gasteiger partial charge in [-0.15, -0.1) is 0 Å². The molecule has 1 aromatic carbocycles. The van der Waals surface area contributed by atoms with Gasteiger partial charge in [-0.1, -0.05) is 12.1 Å². The highest BCUT2D eigenvalue weighted by Crippen LogP contribution is 2.19. The highest BCUT2D eigenvalue weighted by Gasteiger charge is 2.15. The van der Waals surface area contributed by atoms with Crippen molar-refractivity contribution in [3.8, 4) is 0 Å². The molecule has 1 aromatic heterocycles. The third-order valence-electron chi connectivity index (χ3n) is 3.32. The Morgan fingerprint density at radius 2 is 2.00 bits per heavy atom. The van der Waals surface area contributed by atoms with E-state index in [4.69, 9.17) is 0 Å². The van der Waals surface area contributed by atoms with Crippen LogP contribution in [0.2, 0.25) is 0 Å². The SMILES string of the molecule is CN(C)[C@H](CNC(=O)Cc1ccc(F)cc1)c1ccsc1. The average Bonchev–Trinajstić information content (AvgIpc) is 2.95. The molecule has 0 aliphatic heterocycles. The van der Waals surface area contributed by atoms with E-state index in [0.29, 0.717) is 6.54 Å². The largest absolute Gasteiger partial charge is 0.354 e. The van der Waals surface area contributed by atoms with E-state index in [1.165, 1.54) is 17.7 Å². The second-order valence-corrected chi connectivity index (χ2v) is 5.92. The van der Waals surface area contributed by atoms with Gasteiger partial charge in [0.1, 0.15) is 5.82 Å². The number of benzene rings is 1. The lowest BCUT2D eigenvalue weighted by atomic mass is 10.1. The molecular formula is C16H19FN2OS. The minimum absolute atomic E-state index is 0.0521. The first kappa shape index (κ1) is 15.7. The summed E-state index contributed by atoms with van der Waals surface area (Å²) in [6, 6.07) is 8.25. The van der Waals surface area contributed by atoms with Crippen molar-refractivity contribution in [2.45, 2.75) is 12.5 Å². The summed E-state index contributed by atoms with van der Waals surface area (Å²) in [5.41, 5.74) is 2.01. The molecule has 2 aromatic rings. The number of nitrogens with one attached hydrogen (secondary N) is 1. The molecule has 112 valence electrons. The quantitative estimate of drug-likeness (QED) is 0.890. The predicted molar refractivity (Wildman–Crippen MR) is 83.9 cm³/mol. The summed E-state index contributed by atoms with van der Waals surface area (Å²) in [5.74, 6) is -0.340. The molecule has 1 atom stereocenters. The van der Waals surface area contributed by atoms with Crippen molar-refractivity contribution in [1.82, 2.24) is 10.2 Å². The smallest absolute Gasteiger partial charge is 0.224 e. The Morgan fingerprint density at radius 3 is 2.57 bits per heavy atom. The highest BCUT2D eigenvalue weighted by atomic mass is 32.1.